The van der Waals surface area contributed by atoms with Crippen LogP contribution < -0.4 is 21.7 Å². The molecule has 0 aliphatic rings. The van der Waals surface area contributed by atoms with Gasteiger partial charge < -0.3 is 21.7 Å². The first-order valence-electron chi connectivity index (χ1n) is 6.90. The average molecular weight is 363 g/mol. The Morgan fingerprint density at radius 1 is 1.00 bits per heavy atom. The second-order valence-electron chi connectivity index (χ2n) is 4.90. The van der Waals surface area contributed by atoms with Gasteiger partial charge >= 0.3 is 0 Å². The van der Waals surface area contributed by atoms with E-state index in [1.807, 2.05) is 0 Å². The minimum Gasteiger partial charge on any atom is -0.366 e. The van der Waals surface area contributed by atoms with Gasteiger partial charge in [0.15, 0.2) is 5.11 Å². The normalized spacial score (nSPS) is 9.92. The summed E-state index contributed by atoms with van der Waals surface area (Å²) in [5.74, 6) is -0.689. The highest BCUT2D eigenvalue weighted by Gasteiger charge is 2.05. The molecule has 0 unspecified atom stereocenters. The van der Waals surface area contributed by atoms with Crippen molar-refractivity contribution in [2.24, 2.45) is 5.73 Å². The van der Waals surface area contributed by atoms with Crippen molar-refractivity contribution < 1.29 is 9.59 Å². The molecule has 2 aromatic rings. The smallest absolute Gasteiger partial charge is 0.248 e. The van der Waals surface area contributed by atoms with Crippen molar-refractivity contribution in [2.75, 3.05) is 16.0 Å². The molecule has 8 heteroatoms. The Labute approximate surface area is 149 Å². The number of hydrogen-bond acceptors (Lipinski definition) is 3. The molecule has 2 aromatic carbocycles. The summed E-state index contributed by atoms with van der Waals surface area (Å²) in [4.78, 5) is 22.1. The number of rotatable bonds is 4. The van der Waals surface area contributed by atoms with Gasteiger partial charge in [-0.2, -0.15) is 0 Å². The third kappa shape index (κ3) is 4.94. The summed E-state index contributed by atoms with van der Waals surface area (Å²) >= 11 is 11.3. The summed E-state index contributed by atoms with van der Waals surface area (Å²) in [6.45, 7) is 1.41. The fraction of sp³-hybridized carbons (Fsp3) is 0.0625. The van der Waals surface area contributed by atoms with Crippen molar-refractivity contribution >= 4 is 57.8 Å². The van der Waals surface area contributed by atoms with E-state index in [4.69, 9.17) is 29.6 Å². The summed E-state index contributed by atoms with van der Waals surface area (Å²) in [5.41, 5.74) is 7.50. The van der Waals surface area contributed by atoms with Crippen LogP contribution in [0, 0.1) is 0 Å². The lowest BCUT2D eigenvalue weighted by Gasteiger charge is -2.12. The first-order valence-corrected chi connectivity index (χ1v) is 7.69. The van der Waals surface area contributed by atoms with Gasteiger partial charge in [-0.3, -0.25) is 9.59 Å². The summed E-state index contributed by atoms with van der Waals surface area (Å²) in [6, 6.07) is 11.7. The van der Waals surface area contributed by atoms with Gasteiger partial charge in [0.1, 0.15) is 0 Å². The molecule has 0 atom stereocenters. The standard InChI is InChI=1S/C16H15ClN4O2S/c1-9(22)19-14-7-6-12(8-13(14)17)21-16(24)20-11-4-2-10(3-5-11)15(18)23/h2-8H,1H3,(H2,18,23)(H,19,22)(H2,20,21,24). The van der Waals surface area contributed by atoms with Gasteiger partial charge in [0.25, 0.3) is 0 Å². The van der Waals surface area contributed by atoms with E-state index >= 15 is 0 Å². The van der Waals surface area contributed by atoms with E-state index in [0.717, 1.165) is 0 Å². The molecule has 24 heavy (non-hydrogen) atoms. The molecule has 0 spiro atoms. The number of anilines is 3. The van der Waals surface area contributed by atoms with Gasteiger partial charge in [-0.15, -0.1) is 0 Å². The number of nitrogens with one attached hydrogen (secondary N) is 3. The number of halogens is 1. The Morgan fingerprint density at radius 2 is 1.58 bits per heavy atom. The molecule has 2 rings (SSSR count). The van der Waals surface area contributed by atoms with Crippen LogP contribution in [0.25, 0.3) is 0 Å². The maximum absolute atomic E-state index is 11.1. The summed E-state index contributed by atoms with van der Waals surface area (Å²) in [5, 5.41) is 9.33. The predicted octanol–water partition coefficient (Wildman–Crippen LogP) is 3.21. The maximum atomic E-state index is 11.1. The molecule has 6 nitrogen and oxygen atoms in total. The molecular formula is C16H15ClN4O2S. The van der Waals surface area contributed by atoms with Gasteiger partial charge in [0.05, 0.1) is 10.7 Å². The summed E-state index contributed by atoms with van der Waals surface area (Å²) in [7, 11) is 0. The Kier molecular flexibility index (Phi) is 5.73. The Hall–Kier alpha value is -2.64. The molecule has 0 bridgehead atoms. The fourth-order valence-corrected chi connectivity index (χ4v) is 2.36. The SMILES string of the molecule is CC(=O)Nc1ccc(NC(=S)Nc2ccc(C(N)=O)cc2)cc1Cl. The lowest BCUT2D eigenvalue weighted by molar-refractivity contribution is -0.114. The Bertz CT molecular complexity index is 793. The Morgan fingerprint density at radius 3 is 2.12 bits per heavy atom. The molecule has 124 valence electrons. The summed E-state index contributed by atoms with van der Waals surface area (Å²) < 4.78 is 0. The quantitative estimate of drug-likeness (QED) is 0.626. The molecular weight excluding hydrogens is 348 g/mol. The zero-order chi connectivity index (χ0) is 17.7. The zero-order valence-corrected chi connectivity index (χ0v) is 14.3. The molecule has 0 fully saturated rings. The number of carbonyl (C=O) groups excluding carboxylic acids is 2. The number of hydrogen-bond donors (Lipinski definition) is 4. The van der Waals surface area contributed by atoms with Crippen LogP contribution in [0.5, 0.6) is 0 Å². The molecule has 0 saturated heterocycles. The van der Waals surface area contributed by atoms with Crippen LogP contribution in [-0.4, -0.2) is 16.9 Å². The monoisotopic (exact) mass is 362 g/mol. The van der Waals surface area contributed by atoms with Crippen LogP contribution in [-0.2, 0) is 4.79 Å². The number of benzene rings is 2. The van der Waals surface area contributed by atoms with E-state index in [-0.39, 0.29) is 5.91 Å². The van der Waals surface area contributed by atoms with Crippen molar-refractivity contribution in [3.05, 3.63) is 53.1 Å². The average Bonchev–Trinajstić information content (AvgIpc) is 2.50. The van der Waals surface area contributed by atoms with Crippen molar-refractivity contribution in [3.63, 3.8) is 0 Å². The van der Waals surface area contributed by atoms with Crippen molar-refractivity contribution in [1.82, 2.24) is 0 Å². The molecule has 0 radical (unpaired) electrons. The van der Waals surface area contributed by atoms with Crippen LogP contribution in [0.1, 0.15) is 17.3 Å². The molecule has 0 saturated carbocycles. The van der Waals surface area contributed by atoms with Crippen LogP contribution in [0.3, 0.4) is 0 Å². The van der Waals surface area contributed by atoms with E-state index in [9.17, 15) is 9.59 Å². The first kappa shape index (κ1) is 17.7. The van der Waals surface area contributed by atoms with E-state index in [0.29, 0.717) is 32.8 Å². The van der Waals surface area contributed by atoms with Crippen molar-refractivity contribution in [3.8, 4) is 0 Å². The third-order valence-corrected chi connectivity index (χ3v) is 3.48. The minimum atomic E-state index is -0.490. The Balaban J connectivity index is 2.00. The van der Waals surface area contributed by atoms with Gasteiger partial charge in [-0.1, -0.05) is 11.6 Å². The van der Waals surface area contributed by atoms with Gasteiger partial charge in [0.2, 0.25) is 11.8 Å². The van der Waals surface area contributed by atoms with Crippen molar-refractivity contribution in [1.29, 1.82) is 0 Å². The van der Waals surface area contributed by atoms with E-state index < -0.39 is 5.91 Å². The lowest BCUT2D eigenvalue weighted by atomic mass is 10.2. The molecule has 0 heterocycles. The largest absolute Gasteiger partial charge is 0.366 e. The number of nitrogens with two attached hydrogens (primary N) is 1. The highest BCUT2D eigenvalue weighted by molar-refractivity contribution is 7.80. The zero-order valence-electron chi connectivity index (χ0n) is 12.7. The van der Waals surface area contributed by atoms with Crippen molar-refractivity contribution in [2.45, 2.75) is 6.92 Å². The van der Waals surface area contributed by atoms with Crippen LogP contribution in [0.2, 0.25) is 5.02 Å². The van der Waals surface area contributed by atoms with Crippen LogP contribution in [0.4, 0.5) is 17.1 Å². The number of thiocarbonyl (C=S) groups is 1. The van der Waals surface area contributed by atoms with Crippen LogP contribution >= 0.6 is 23.8 Å². The third-order valence-electron chi connectivity index (χ3n) is 2.96. The highest BCUT2D eigenvalue weighted by atomic mass is 35.5. The molecule has 0 aliphatic heterocycles. The van der Waals surface area contributed by atoms with E-state index in [2.05, 4.69) is 16.0 Å². The number of carbonyl (C=O) groups is 2. The molecule has 0 aliphatic carbocycles. The minimum absolute atomic E-state index is 0.200. The predicted molar refractivity (Wildman–Crippen MR) is 101 cm³/mol. The molecule has 2 amide bonds. The van der Waals surface area contributed by atoms with Crippen LogP contribution in [0.15, 0.2) is 42.5 Å². The number of amides is 2. The molecule has 0 aromatic heterocycles. The second kappa shape index (κ2) is 7.76. The topological polar surface area (TPSA) is 96.2 Å². The summed E-state index contributed by atoms with van der Waals surface area (Å²) in [6.07, 6.45) is 0. The van der Waals surface area contributed by atoms with E-state index in [1.165, 1.54) is 6.92 Å². The second-order valence-corrected chi connectivity index (χ2v) is 5.71. The highest BCUT2D eigenvalue weighted by Crippen LogP contribution is 2.25. The maximum Gasteiger partial charge on any atom is 0.248 e. The number of primary amides is 1. The first-order chi connectivity index (χ1) is 11.3. The van der Waals surface area contributed by atoms with Gasteiger partial charge in [0, 0.05) is 23.9 Å². The van der Waals surface area contributed by atoms with Gasteiger partial charge in [-0.25, -0.2) is 0 Å². The van der Waals surface area contributed by atoms with E-state index in [1.54, 1.807) is 42.5 Å². The van der Waals surface area contributed by atoms with Gasteiger partial charge in [-0.05, 0) is 54.7 Å². The lowest BCUT2D eigenvalue weighted by Crippen LogP contribution is -2.19. The molecule has 5 N–H and O–H groups in total. The fourth-order valence-electron chi connectivity index (χ4n) is 1.90.